The van der Waals surface area contributed by atoms with Crippen LogP contribution in [0.4, 0.5) is 0 Å². The summed E-state index contributed by atoms with van der Waals surface area (Å²) in [5, 5.41) is 3.94. The molecule has 0 heterocycles. The van der Waals surface area contributed by atoms with Crippen molar-refractivity contribution in [2.75, 3.05) is 38.0 Å². The Hall–Kier alpha value is -0.270. The number of ether oxygens (including phenoxy) is 1. The molecule has 0 atom stereocenters. The van der Waals surface area contributed by atoms with E-state index in [-0.39, 0.29) is 5.75 Å². The van der Waals surface area contributed by atoms with Crippen molar-refractivity contribution in [1.82, 2.24) is 5.32 Å². The van der Waals surface area contributed by atoms with Crippen molar-refractivity contribution in [3.05, 3.63) is 28.8 Å². The maximum Gasteiger partial charge on any atom is 0.148 e. The van der Waals surface area contributed by atoms with E-state index in [0.29, 0.717) is 23.9 Å². The van der Waals surface area contributed by atoms with E-state index in [1.807, 2.05) is 18.2 Å². The Kier molecular flexibility index (Phi) is 7.91. The quantitative estimate of drug-likeness (QED) is 0.553. The molecule has 4 nitrogen and oxygen atoms in total. The van der Waals surface area contributed by atoms with Gasteiger partial charge in [-0.3, -0.25) is 0 Å². The minimum Gasteiger partial charge on any atom is -0.383 e. The predicted molar refractivity (Wildman–Crippen MR) is 85.5 cm³/mol. The molecule has 114 valence electrons. The number of nitrogens with one attached hydrogen (secondary N) is 1. The zero-order chi connectivity index (χ0) is 15.0. The SMILES string of the molecule is COCCNCc1c(Cl)cccc1SCCS(C)(=O)=O. The van der Waals surface area contributed by atoms with E-state index >= 15 is 0 Å². The summed E-state index contributed by atoms with van der Waals surface area (Å²) >= 11 is 7.73. The lowest BCUT2D eigenvalue weighted by molar-refractivity contribution is 0.199. The second-order valence-electron chi connectivity index (χ2n) is 4.36. The standard InChI is InChI=1S/C13H20ClNO3S2/c1-18-7-6-15-10-11-12(14)4-3-5-13(11)19-8-9-20(2,16)17/h3-5,15H,6-10H2,1-2H3. The van der Waals surface area contributed by atoms with Gasteiger partial charge in [0.1, 0.15) is 9.84 Å². The molecular weight excluding hydrogens is 318 g/mol. The molecule has 0 aliphatic rings. The molecule has 1 aromatic rings. The van der Waals surface area contributed by atoms with E-state index in [9.17, 15) is 8.42 Å². The fraction of sp³-hybridized carbons (Fsp3) is 0.538. The largest absolute Gasteiger partial charge is 0.383 e. The van der Waals surface area contributed by atoms with Crippen LogP contribution in [0.15, 0.2) is 23.1 Å². The van der Waals surface area contributed by atoms with Crippen LogP contribution in [-0.2, 0) is 21.1 Å². The van der Waals surface area contributed by atoms with Gasteiger partial charge >= 0.3 is 0 Å². The Morgan fingerprint density at radius 2 is 2.15 bits per heavy atom. The summed E-state index contributed by atoms with van der Waals surface area (Å²) in [6.45, 7) is 2.03. The first-order chi connectivity index (χ1) is 9.44. The van der Waals surface area contributed by atoms with Gasteiger partial charge in [0, 0.05) is 42.1 Å². The number of hydrogen-bond acceptors (Lipinski definition) is 5. The maximum atomic E-state index is 11.2. The highest BCUT2D eigenvalue weighted by Crippen LogP contribution is 2.28. The van der Waals surface area contributed by atoms with Crippen LogP contribution in [0.1, 0.15) is 5.56 Å². The normalized spacial score (nSPS) is 11.8. The molecule has 1 aromatic carbocycles. The molecule has 0 aliphatic heterocycles. The summed E-state index contributed by atoms with van der Waals surface area (Å²) in [4.78, 5) is 1.02. The number of benzene rings is 1. The van der Waals surface area contributed by atoms with E-state index in [1.54, 1.807) is 7.11 Å². The van der Waals surface area contributed by atoms with Crippen LogP contribution >= 0.6 is 23.4 Å². The van der Waals surface area contributed by atoms with Gasteiger partial charge in [0.25, 0.3) is 0 Å². The molecule has 0 spiro atoms. The minimum absolute atomic E-state index is 0.167. The third kappa shape index (κ3) is 6.95. The van der Waals surface area contributed by atoms with Gasteiger partial charge in [0.05, 0.1) is 12.4 Å². The van der Waals surface area contributed by atoms with E-state index in [1.165, 1.54) is 18.0 Å². The van der Waals surface area contributed by atoms with Gasteiger partial charge in [-0.25, -0.2) is 8.42 Å². The number of hydrogen-bond donors (Lipinski definition) is 1. The van der Waals surface area contributed by atoms with E-state index in [2.05, 4.69) is 5.32 Å². The zero-order valence-corrected chi connectivity index (χ0v) is 14.1. The first-order valence-corrected chi connectivity index (χ1v) is 9.64. The van der Waals surface area contributed by atoms with Crippen LogP contribution < -0.4 is 5.32 Å². The number of thioether (sulfide) groups is 1. The molecule has 0 amide bonds. The lowest BCUT2D eigenvalue weighted by Crippen LogP contribution is -2.19. The third-order valence-electron chi connectivity index (χ3n) is 2.57. The molecule has 20 heavy (non-hydrogen) atoms. The van der Waals surface area contributed by atoms with E-state index in [4.69, 9.17) is 16.3 Å². The average Bonchev–Trinajstić information content (AvgIpc) is 2.35. The first kappa shape index (κ1) is 17.8. The Labute approximate surface area is 130 Å². The van der Waals surface area contributed by atoms with Crippen molar-refractivity contribution >= 4 is 33.2 Å². The highest BCUT2D eigenvalue weighted by molar-refractivity contribution is 8.00. The van der Waals surface area contributed by atoms with Crippen molar-refractivity contribution in [3.8, 4) is 0 Å². The number of methoxy groups -OCH3 is 1. The van der Waals surface area contributed by atoms with Gasteiger partial charge in [-0.05, 0) is 17.7 Å². The average molecular weight is 338 g/mol. The maximum absolute atomic E-state index is 11.2. The summed E-state index contributed by atoms with van der Waals surface area (Å²) in [6.07, 6.45) is 1.25. The Morgan fingerprint density at radius 1 is 1.40 bits per heavy atom. The molecule has 1 rings (SSSR count). The molecule has 0 unspecified atom stereocenters. The van der Waals surface area contributed by atoms with Gasteiger partial charge in [-0.2, -0.15) is 0 Å². The summed E-state index contributed by atoms with van der Waals surface area (Å²) < 4.78 is 27.3. The second kappa shape index (κ2) is 8.89. The van der Waals surface area contributed by atoms with Crippen LogP contribution in [0.2, 0.25) is 5.02 Å². The summed E-state index contributed by atoms with van der Waals surface area (Å²) in [5.41, 5.74) is 1.00. The smallest absolute Gasteiger partial charge is 0.148 e. The molecule has 1 N–H and O–H groups in total. The van der Waals surface area contributed by atoms with Gasteiger partial charge < -0.3 is 10.1 Å². The molecule has 0 bridgehead atoms. The van der Waals surface area contributed by atoms with Crippen molar-refractivity contribution < 1.29 is 13.2 Å². The topological polar surface area (TPSA) is 55.4 Å². The highest BCUT2D eigenvalue weighted by Gasteiger charge is 2.09. The van der Waals surface area contributed by atoms with Gasteiger partial charge in [0.15, 0.2) is 0 Å². The molecule has 7 heteroatoms. The molecular formula is C13H20ClNO3S2. The summed E-state index contributed by atoms with van der Waals surface area (Å²) in [7, 11) is -1.27. The van der Waals surface area contributed by atoms with Crippen LogP contribution in [-0.4, -0.2) is 46.4 Å². The number of halogens is 1. The molecule has 0 aliphatic carbocycles. The zero-order valence-electron chi connectivity index (χ0n) is 11.7. The first-order valence-electron chi connectivity index (χ1n) is 6.21. The van der Waals surface area contributed by atoms with Crippen molar-refractivity contribution in [3.63, 3.8) is 0 Å². The molecule has 0 radical (unpaired) electrons. The molecule has 0 saturated heterocycles. The van der Waals surface area contributed by atoms with Crippen molar-refractivity contribution in [2.24, 2.45) is 0 Å². The van der Waals surface area contributed by atoms with Gasteiger partial charge in [0.2, 0.25) is 0 Å². The van der Waals surface area contributed by atoms with Gasteiger partial charge in [-0.1, -0.05) is 17.7 Å². The highest BCUT2D eigenvalue weighted by atomic mass is 35.5. The minimum atomic E-state index is -2.93. The van der Waals surface area contributed by atoms with Crippen molar-refractivity contribution in [1.29, 1.82) is 0 Å². The molecule has 0 aromatic heterocycles. The van der Waals surface area contributed by atoms with E-state index < -0.39 is 9.84 Å². The Bertz CT molecular complexity index is 520. The lowest BCUT2D eigenvalue weighted by atomic mass is 10.2. The van der Waals surface area contributed by atoms with Crippen LogP contribution in [0.25, 0.3) is 0 Å². The second-order valence-corrected chi connectivity index (χ2v) is 8.17. The van der Waals surface area contributed by atoms with Crippen LogP contribution in [0, 0.1) is 0 Å². The fourth-order valence-corrected chi connectivity index (χ4v) is 4.13. The van der Waals surface area contributed by atoms with Crippen LogP contribution in [0.3, 0.4) is 0 Å². The number of rotatable bonds is 9. The fourth-order valence-electron chi connectivity index (χ4n) is 1.54. The molecule has 0 fully saturated rings. The predicted octanol–water partition coefficient (Wildman–Crippen LogP) is 2.21. The van der Waals surface area contributed by atoms with Crippen molar-refractivity contribution in [2.45, 2.75) is 11.4 Å². The summed E-state index contributed by atoms with van der Waals surface area (Å²) in [5.74, 6) is 0.699. The lowest BCUT2D eigenvalue weighted by Gasteiger charge is -2.12. The summed E-state index contributed by atoms with van der Waals surface area (Å²) in [6, 6.07) is 5.69. The molecule has 0 saturated carbocycles. The number of sulfone groups is 1. The van der Waals surface area contributed by atoms with Gasteiger partial charge in [-0.15, -0.1) is 11.8 Å². The van der Waals surface area contributed by atoms with E-state index in [0.717, 1.165) is 17.0 Å². The Balaban J connectivity index is 2.62. The third-order valence-corrected chi connectivity index (χ3v) is 5.23. The Morgan fingerprint density at radius 3 is 2.80 bits per heavy atom. The monoisotopic (exact) mass is 337 g/mol. The van der Waals surface area contributed by atoms with Crippen LogP contribution in [0.5, 0.6) is 0 Å².